The predicted octanol–water partition coefficient (Wildman–Crippen LogP) is 4.82. The van der Waals surface area contributed by atoms with E-state index in [9.17, 15) is 9.59 Å². The molecular weight excluding hydrogens is 454 g/mol. The molecule has 0 saturated carbocycles. The first kappa shape index (κ1) is 21.7. The summed E-state index contributed by atoms with van der Waals surface area (Å²) in [5, 5.41) is 0.458. The Labute approximate surface area is 182 Å². The molecule has 0 amide bonds. The number of aromatic amines is 1. The van der Waals surface area contributed by atoms with Crippen LogP contribution in [0.3, 0.4) is 0 Å². The molecule has 0 aliphatic rings. The van der Waals surface area contributed by atoms with Gasteiger partial charge in [-0.15, -0.1) is 11.3 Å². The Balaban J connectivity index is 1.97. The van der Waals surface area contributed by atoms with Gasteiger partial charge in [-0.1, -0.05) is 41.1 Å². The molecule has 1 N–H and O–H groups in total. The smallest absolute Gasteiger partial charge is 0.348 e. The number of halogens is 1. The summed E-state index contributed by atoms with van der Waals surface area (Å²) in [6, 6.07) is 8.29. The topological polar surface area (TPSA) is 75.3 Å². The Morgan fingerprint density at radius 3 is 2.76 bits per heavy atom. The van der Waals surface area contributed by atoms with Crippen LogP contribution in [0.2, 0.25) is 0 Å². The average molecular weight is 478 g/mol. The van der Waals surface area contributed by atoms with Gasteiger partial charge >= 0.3 is 5.97 Å². The molecular formula is C21H24BrN3O3S. The van der Waals surface area contributed by atoms with Gasteiger partial charge in [0.25, 0.3) is 5.56 Å². The molecule has 0 aliphatic heterocycles. The molecule has 0 fully saturated rings. The molecule has 2 aromatic heterocycles. The maximum Gasteiger partial charge on any atom is 0.348 e. The number of rotatable bonds is 7. The molecule has 0 aliphatic carbocycles. The van der Waals surface area contributed by atoms with E-state index in [2.05, 4.69) is 50.7 Å². The van der Waals surface area contributed by atoms with Gasteiger partial charge in [-0.3, -0.25) is 9.69 Å². The van der Waals surface area contributed by atoms with Gasteiger partial charge in [0.2, 0.25) is 0 Å². The molecule has 29 heavy (non-hydrogen) atoms. The lowest BCUT2D eigenvalue weighted by atomic mass is 10.1. The zero-order valence-corrected chi connectivity index (χ0v) is 19.3. The Morgan fingerprint density at radius 1 is 1.38 bits per heavy atom. The number of fused-ring (bicyclic) bond motifs is 1. The van der Waals surface area contributed by atoms with Gasteiger partial charge in [-0.05, 0) is 44.0 Å². The van der Waals surface area contributed by atoms with E-state index in [4.69, 9.17) is 4.74 Å². The van der Waals surface area contributed by atoms with Crippen molar-refractivity contribution in [2.45, 2.75) is 39.8 Å². The number of nitrogens with zero attached hydrogens (tertiary/aromatic N) is 2. The third-order valence-corrected chi connectivity index (χ3v) is 6.87. The van der Waals surface area contributed by atoms with Crippen LogP contribution in [0.1, 0.15) is 52.9 Å². The number of methoxy groups -OCH3 is 1. The van der Waals surface area contributed by atoms with Crippen LogP contribution in [0, 0.1) is 6.92 Å². The van der Waals surface area contributed by atoms with E-state index in [1.54, 1.807) is 6.92 Å². The molecule has 154 valence electrons. The summed E-state index contributed by atoms with van der Waals surface area (Å²) >= 11 is 4.84. The van der Waals surface area contributed by atoms with Crippen molar-refractivity contribution in [3.05, 3.63) is 60.9 Å². The first-order valence-electron chi connectivity index (χ1n) is 9.46. The number of hydrogen-bond donors (Lipinski definition) is 1. The van der Waals surface area contributed by atoms with E-state index in [1.165, 1.54) is 24.0 Å². The summed E-state index contributed by atoms with van der Waals surface area (Å²) in [5.74, 6) is 0.147. The van der Waals surface area contributed by atoms with E-state index in [-0.39, 0.29) is 11.6 Å². The fourth-order valence-corrected chi connectivity index (χ4v) is 5.19. The van der Waals surface area contributed by atoms with Crippen molar-refractivity contribution >= 4 is 43.5 Å². The zero-order valence-electron chi connectivity index (χ0n) is 16.9. The van der Waals surface area contributed by atoms with Crippen LogP contribution in [0.4, 0.5) is 0 Å². The second-order valence-electron chi connectivity index (χ2n) is 6.91. The third kappa shape index (κ3) is 4.44. The van der Waals surface area contributed by atoms with Crippen molar-refractivity contribution in [2.24, 2.45) is 0 Å². The average Bonchev–Trinajstić information content (AvgIpc) is 3.03. The second-order valence-corrected chi connectivity index (χ2v) is 8.76. The van der Waals surface area contributed by atoms with E-state index in [0.29, 0.717) is 33.0 Å². The minimum absolute atomic E-state index is 0.141. The third-order valence-electron chi connectivity index (χ3n) is 4.99. The lowest BCUT2D eigenvalue weighted by molar-refractivity contribution is 0.0605. The van der Waals surface area contributed by atoms with Crippen molar-refractivity contribution in [3.8, 4) is 0 Å². The lowest BCUT2D eigenvalue weighted by Gasteiger charge is -2.29. The normalized spacial score (nSPS) is 12.5. The fraction of sp³-hybridized carbons (Fsp3) is 0.381. The molecule has 6 nitrogen and oxygen atoms in total. The minimum atomic E-state index is -0.443. The number of carbonyl (C=O) groups is 1. The summed E-state index contributed by atoms with van der Waals surface area (Å²) in [5.41, 5.74) is 1.58. The molecule has 0 spiro atoms. The molecule has 1 aromatic carbocycles. The van der Waals surface area contributed by atoms with E-state index >= 15 is 0 Å². The summed E-state index contributed by atoms with van der Waals surface area (Å²) in [4.78, 5) is 35.5. The van der Waals surface area contributed by atoms with Crippen molar-refractivity contribution in [1.82, 2.24) is 14.9 Å². The fourth-order valence-electron chi connectivity index (χ4n) is 3.45. The van der Waals surface area contributed by atoms with Gasteiger partial charge in [0, 0.05) is 10.5 Å². The van der Waals surface area contributed by atoms with Crippen LogP contribution >= 0.6 is 27.3 Å². The van der Waals surface area contributed by atoms with E-state index in [1.807, 2.05) is 18.2 Å². The van der Waals surface area contributed by atoms with Crippen LogP contribution in [0.5, 0.6) is 0 Å². The maximum absolute atomic E-state index is 12.7. The summed E-state index contributed by atoms with van der Waals surface area (Å²) < 4.78 is 5.88. The van der Waals surface area contributed by atoms with Gasteiger partial charge in [-0.25, -0.2) is 9.78 Å². The summed E-state index contributed by atoms with van der Waals surface area (Å²) in [6.07, 6.45) is 0.978. The van der Waals surface area contributed by atoms with Crippen molar-refractivity contribution in [3.63, 3.8) is 0 Å². The highest BCUT2D eigenvalue weighted by Crippen LogP contribution is 2.30. The Kier molecular flexibility index (Phi) is 6.87. The van der Waals surface area contributed by atoms with E-state index in [0.717, 1.165) is 17.4 Å². The molecule has 0 saturated heterocycles. The summed E-state index contributed by atoms with van der Waals surface area (Å²) in [7, 11) is 1.33. The number of carbonyl (C=O) groups excluding carboxylic acids is 1. The van der Waals surface area contributed by atoms with Crippen LogP contribution in [-0.2, 0) is 11.3 Å². The molecule has 2 heterocycles. The largest absolute Gasteiger partial charge is 0.465 e. The van der Waals surface area contributed by atoms with Crippen molar-refractivity contribution in [1.29, 1.82) is 0 Å². The van der Waals surface area contributed by atoms with Gasteiger partial charge in [-0.2, -0.15) is 0 Å². The maximum atomic E-state index is 12.7. The van der Waals surface area contributed by atoms with Crippen molar-refractivity contribution in [2.75, 3.05) is 13.7 Å². The SMILES string of the molecule is CCCN(Cc1nc2sc(C(=O)OC)c(C)c2c(=O)[nH]1)C(C)c1ccccc1Br. The first-order chi connectivity index (χ1) is 13.9. The number of thiophene rings is 1. The number of nitrogens with one attached hydrogen (secondary N) is 1. The van der Waals surface area contributed by atoms with Gasteiger partial charge in [0.05, 0.1) is 19.0 Å². The number of ether oxygens (including phenoxy) is 1. The Hall–Kier alpha value is -2.03. The number of H-pyrrole nitrogens is 1. The molecule has 3 aromatic rings. The highest BCUT2D eigenvalue weighted by atomic mass is 79.9. The van der Waals surface area contributed by atoms with Crippen LogP contribution in [0.15, 0.2) is 33.5 Å². The number of benzene rings is 1. The molecule has 0 radical (unpaired) electrons. The lowest BCUT2D eigenvalue weighted by Crippen LogP contribution is -2.29. The molecule has 1 atom stereocenters. The number of aromatic nitrogens is 2. The highest BCUT2D eigenvalue weighted by Gasteiger charge is 2.22. The minimum Gasteiger partial charge on any atom is -0.465 e. The molecule has 0 bridgehead atoms. The predicted molar refractivity (Wildman–Crippen MR) is 120 cm³/mol. The Bertz CT molecular complexity index is 1090. The zero-order chi connectivity index (χ0) is 21.1. The van der Waals surface area contributed by atoms with Gasteiger partial charge < -0.3 is 9.72 Å². The van der Waals surface area contributed by atoms with Crippen LogP contribution < -0.4 is 5.56 Å². The van der Waals surface area contributed by atoms with Gasteiger partial charge in [0.15, 0.2) is 0 Å². The van der Waals surface area contributed by atoms with Crippen LogP contribution in [0.25, 0.3) is 10.2 Å². The monoisotopic (exact) mass is 477 g/mol. The quantitative estimate of drug-likeness (QED) is 0.493. The molecule has 3 rings (SSSR count). The summed E-state index contributed by atoms with van der Waals surface area (Å²) in [6.45, 7) is 7.40. The second kappa shape index (κ2) is 9.19. The van der Waals surface area contributed by atoms with E-state index < -0.39 is 5.97 Å². The van der Waals surface area contributed by atoms with Gasteiger partial charge in [0.1, 0.15) is 15.5 Å². The Morgan fingerprint density at radius 2 is 2.10 bits per heavy atom. The molecule has 8 heteroatoms. The number of aryl methyl sites for hydroxylation is 1. The van der Waals surface area contributed by atoms with Crippen molar-refractivity contribution < 1.29 is 9.53 Å². The highest BCUT2D eigenvalue weighted by molar-refractivity contribution is 9.10. The number of hydrogen-bond acceptors (Lipinski definition) is 6. The standard InChI is InChI=1S/C21H24BrN3O3S/c1-5-10-25(13(3)14-8-6-7-9-15(14)22)11-16-23-19(26)17-12(2)18(21(27)28-4)29-20(17)24-16/h6-9,13H,5,10-11H2,1-4H3,(H,23,24,26). The molecule has 1 unspecified atom stereocenters. The number of esters is 1. The van der Waals surface area contributed by atoms with Crippen LogP contribution in [-0.4, -0.2) is 34.5 Å². The first-order valence-corrected chi connectivity index (χ1v) is 11.1.